The molecule has 6 nitrogen and oxygen atoms in total. The van der Waals surface area contributed by atoms with Gasteiger partial charge in [-0.05, 0) is 28.1 Å². The van der Waals surface area contributed by atoms with Crippen LogP contribution in [0, 0.1) is 0 Å². The molecular weight excluding hydrogens is 414 g/mol. The summed E-state index contributed by atoms with van der Waals surface area (Å²) in [5, 5.41) is 17.4. The maximum atomic E-state index is 10.3. The van der Waals surface area contributed by atoms with Crippen molar-refractivity contribution in [2.45, 2.75) is 11.1 Å². The van der Waals surface area contributed by atoms with E-state index in [4.69, 9.17) is 14.9 Å². The number of hydrazine groups is 1. The van der Waals surface area contributed by atoms with Crippen molar-refractivity contribution < 1.29 is 19.7 Å². The van der Waals surface area contributed by atoms with Crippen LogP contribution >= 0.6 is 44.3 Å². The van der Waals surface area contributed by atoms with Crippen molar-refractivity contribution in [2.24, 2.45) is 0 Å². The lowest BCUT2D eigenvalue weighted by molar-refractivity contribution is -0.149. The number of hydrogen-bond donors (Lipinski definition) is 3. The highest BCUT2D eigenvalue weighted by molar-refractivity contribution is 14.2. The molecule has 0 fully saturated rings. The molecule has 0 saturated heterocycles. The molecule has 0 aromatic heterocycles. The smallest absolute Gasteiger partial charge is 0.334 e. The maximum absolute atomic E-state index is 10.3. The summed E-state index contributed by atoms with van der Waals surface area (Å²) in [7, 11) is 0. The fourth-order valence-corrected chi connectivity index (χ4v) is 3.51. The van der Waals surface area contributed by atoms with Gasteiger partial charge in [0.25, 0.3) is 0 Å². The molecular formula is C7H11BrIN2O4P. The van der Waals surface area contributed by atoms with Gasteiger partial charge in [0.05, 0.1) is 25.3 Å². The third-order valence-electron chi connectivity index (χ3n) is 1.77. The molecule has 0 saturated carbocycles. The second kappa shape index (κ2) is 7.07. The monoisotopic (exact) mass is 424 g/mol. The van der Waals surface area contributed by atoms with E-state index in [2.05, 4.69) is 43.4 Å². The van der Waals surface area contributed by atoms with Gasteiger partial charge in [0.2, 0.25) is 0 Å². The molecule has 9 heteroatoms. The SMILES string of the molecule is O=C(O)C(O)COCC1=CC(Br)NN1PI. The van der Waals surface area contributed by atoms with Gasteiger partial charge in [-0.2, -0.15) is 0 Å². The zero-order valence-electron chi connectivity index (χ0n) is 8.06. The highest BCUT2D eigenvalue weighted by atomic mass is 127. The van der Waals surface area contributed by atoms with Gasteiger partial charge < -0.3 is 14.9 Å². The Bertz CT molecular complexity index is 294. The Balaban J connectivity index is 2.32. The van der Waals surface area contributed by atoms with Crippen LogP contribution < -0.4 is 5.43 Å². The van der Waals surface area contributed by atoms with E-state index in [9.17, 15) is 4.79 Å². The first-order chi connectivity index (χ1) is 7.54. The van der Waals surface area contributed by atoms with Gasteiger partial charge in [-0.25, -0.2) is 10.2 Å². The molecule has 3 atom stereocenters. The molecule has 1 aliphatic heterocycles. The Morgan fingerprint density at radius 2 is 2.56 bits per heavy atom. The number of nitrogens with zero attached hydrogens (tertiary/aromatic N) is 1. The van der Waals surface area contributed by atoms with E-state index in [1.165, 1.54) is 0 Å². The normalized spacial score (nSPS) is 22.8. The van der Waals surface area contributed by atoms with Crippen molar-refractivity contribution >= 4 is 50.3 Å². The number of carbonyl (C=O) groups is 1. The van der Waals surface area contributed by atoms with Crippen molar-refractivity contribution in [3.63, 3.8) is 0 Å². The Hall–Kier alpha value is 0.530. The molecule has 3 N–H and O–H groups in total. The summed E-state index contributed by atoms with van der Waals surface area (Å²) in [6, 6.07) is 0. The first-order valence-corrected chi connectivity index (χ1v) is 9.28. The third-order valence-corrected chi connectivity index (χ3v) is 4.28. The quantitative estimate of drug-likeness (QED) is 0.253. The molecule has 0 radical (unpaired) electrons. The molecule has 1 aliphatic rings. The van der Waals surface area contributed by atoms with E-state index < -0.39 is 12.1 Å². The minimum atomic E-state index is -1.47. The van der Waals surface area contributed by atoms with Gasteiger partial charge in [0.15, 0.2) is 6.10 Å². The lowest BCUT2D eigenvalue weighted by atomic mass is 10.4. The summed E-state index contributed by atoms with van der Waals surface area (Å²) in [5.74, 6) is -1.27. The number of carboxylic acid groups (broad SMARTS) is 1. The largest absolute Gasteiger partial charge is 0.479 e. The summed E-state index contributed by atoms with van der Waals surface area (Å²) < 4.78 is 7.03. The number of ether oxygens (including phenoxy) is 1. The molecule has 92 valence electrons. The van der Waals surface area contributed by atoms with Gasteiger partial charge in [-0.3, -0.25) is 4.78 Å². The zero-order chi connectivity index (χ0) is 12.1. The number of hydrogen-bond acceptors (Lipinski definition) is 5. The van der Waals surface area contributed by atoms with Gasteiger partial charge in [0.1, 0.15) is 4.95 Å². The van der Waals surface area contributed by atoms with Crippen LogP contribution in [0.3, 0.4) is 0 Å². The van der Waals surface area contributed by atoms with Crippen LogP contribution in [0.2, 0.25) is 0 Å². The average molecular weight is 425 g/mol. The zero-order valence-corrected chi connectivity index (χ0v) is 12.8. The minimum Gasteiger partial charge on any atom is -0.479 e. The van der Waals surface area contributed by atoms with E-state index in [-0.39, 0.29) is 18.2 Å². The average Bonchev–Trinajstić information content (AvgIpc) is 2.58. The summed E-state index contributed by atoms with van der Waals surface area (Å²) in [6.45, 7) is 0.0628. The van der Waals surface area contributed by atoms with Crippen molar-refractivity contribution in [3.8, 4) is 0 Å². The predicted molar refractivity (Wildman–Crippen MR) is 72.6 cm³/mol. The van der Waals surface area contributed by atoms with Crippen LogP contribution in [0.5, 0.6) is 0 Å². The molecule has 0 amide bonds. The molecule has 0 aliphatic carbocycles. The summed E-state index contributed by atoms with van der Waals surface area (Å²) >= 11 is 5.60. The predicted octanol–water partition coefficient (Wildman–Crippen LogP) is 0.817. The Labute approximate surface area is 116 Å². The topological polar surface area (TPSA) is 82.0 Å². The summed E-state index contributed by atoms with van der Waals surface area (Å²) in [4.78, 5) is 10.4. The van der Waals surface area contributed by atoms with Crippen molar-refractivity contribution in [2.75, 3.05) is 13.2 Å². The van der Waals surface area contributed by atoms with Gasteiger partial charge in [-0.15, -0.1) is 0 Å². The molecule has 1 rings (SSSR count). The fourth-order valence-electron chi connectivity index (χ4n) is 1.02. The molecule has 3 unspecified atom stereocenters. The second-order valence-electron chi connectivity index (χ2n) is 2.98. The number of rotatable bonds is 6. The Kier molecular flexibility index (Phi) is 6.45. The van der Waals surface area contributed by atoms with E-state index in [1.807, 2.05) is 10.9 Å². The highest BCUT2D eigenvalue weighted by Gasteiger charge is 2.21. The van der Waals surface area contributed by atoms with Crippen LogP contribution in [0.25, 0.3) is 0 Å². The number of nitrogens with one attached hydrogen (secondary N) is 1. The number of aliphatic carboxylic acids is 1. The second-order valence-corrected chi connectivity index (χ2v) is 6.03. The Morgan fingerprint density at radius 3 is 3.12 bits per heavy atom. The van der Waals surface area contributed by atoms with E-state index in [0.29, 0.717) is 6.37 Å². The van der Waals surface area contributed by atoms with Crippen LogP contribution in [-0.4, -0.2) is 45.2 Å². The third kappa shape index (κ3) is 4.42. The van der Waals surface area contributed by atoms with Gasteiger partial charge in [0, 0.05) is 0 Å². The molecule has 0 spiro atoms. The molecule has 1 heterocycles. The minimum absolute atomic E-state index is 0.0674. The van der Waals surface area contributed by atoms with Crippen molar-refractivity contribution in [1.82, 2.24) is 10.2 Å². The standard InChI is InChI=1S/C7H11BrIN2O4P/c8-6-1-4(11(10-6)16-9)2-15-3-5(12)7(13)14/h1,5-6,10,12,16H,2-3H2,(H,13,14). The number of carboxylic acids is 1. The van der Waals surface area contributed by atoms with Gasteiger partial charge in [-0.1, -0.05) is 15.9 Å². The van der Waals surface area contributed by atoms with Crippen LogP contribution in [0.15, 0.2) is 11.8 Å². The van der Waals surface area contributed by atoms with Gasteiger partial charge >= 0.3 is 5.97 Å². The van der Waals surface area contributed by atoms with E-state index >= 15 is 0 Å². The van der Waals surface area contributed by atoms with Crippen LogP contribution in [-0.2, 0) is 9.53 Å². The highest BCUT2D eigenvalue weighted by Crippen LogP contribution is 2.33. The lowest BCUT2D eigenvalue weighted by Crippen LogP contribution is -2.29. The number of halogens is 2. The first-order valence-electron chi connectivity index (χ1n) is 4.30. The summed E-state index contributed by atoms with van der Waals surface area (Å²) in [6.07, 6.45) is 0.976. The van der Waals surface area contributed by atoms with Crippen molar-refractivity contribution in [1.29, 1.82) is 0 Å². The van der Waals surface area contributed by atoms with E-state index in [0.717, 1.165) is 5.70 Å². The Morgan fingerprint density at radius 1 is 1.88 bits per heavy atom. The number of alkyl halides is 1. The van der Waals surface area contributed by atoms with Crippen LogP contribution in [0.1, 0.15) is 0 Å². The van der Waals surface area contributed by atoms with Crippen molar-refractivity contribution in [3.05, 3.63) is 11.8 Å². The first kappa shape index (κ1) is 14.6. The van der Waals surface area contributed by atoms with Crippen LogP contribution in [0.4, 0.5) is 0 Å². The number of aliphatic hydroxyl groups is 1. The number of aliphatic hydroxyl groups excluding tert-OH is 1. The van der Waals surface area contributed by atoms with E-state index in [1.54, 1.807) is 0 Å². The maximum Gasteiger partial charge on any atom is 0.334 e. The summed E-state index contributed by atoms with van der Waals surface area (Å²) in [5.41, 5.74) is 4.04. The molecule has 16 heavy (non-hydrogen) atoms. The molecule has 0 aromatic carbocycles. The fraction of sp³-hybridized carbons (Fsp3) is 0.571. The molecule has 0 bridgehead atoms. The molecule has 0 aromatic rings. The lowest BCUT2D eigenvalue weighted by Gasteiger charge is -2.19.